The maximum atomic E-state index is 13.2. The van der Waals surface area contributed by atoms with Crippen molar-refractivity contribution in [3.8, 4) is 5.75 Å². The molecule has 1 heterocycles. The summed E-state index contributed by atoms with van der Waals surface area (Å²) in [4.78, 5) is 0. The number of anilines is 1. The van der Waals surface area contributed by atoms with Crippen LogP contribution in [0.2, 0.25) is 0 Å². The highest BCUT2D eigenvalue weighted by Gasteiger charge is 2.41. The van der Waals surface area contributed by atoms with E-state index in [4.69, 9.17) is 4.74 Å². The zero-order valence-corrected chi connectivity index (χ0v) is 11.9. The maximum Gasteiger partial charge on any atom is 0.128 e. The van der Waals surface area contributed by atoms with E-state index in [0.717, 1.165) is 22.6 Å². The third-order valence-corrected chi connectivity index (χ3v) is 3.79. The molecule has 0 radical (unpaired) electrons. The van der Waals surface area contributed by atoms with Crippen LogP contribution in [0.4, 0.5) is 10.1 Å². The Morgan fingerprint density at radius 2 is 1.90 bits per heavy atom. The van der Waals surface area contributed by atoms with Crippen LogP contribution in [0.1, 0.15) is 31.0 Å². The lowest BCUT2D eigenvalue weighted by molar-refractivity contribution is 0.118. The Balaban J connectivity index is 1.97. The molecular weight excluding hydrogens is 253 g/mol. The molecule has 0 bridgehead atoms. The van der Waals surface area contributed by atoms with Crippen molar-refractivity contribution in [1.82, 2.24) is 0 Å². The van der Waals surface area contributed by atoms with Crippen molar-refractivity contribution in [2.75, 3.05) is 5.32 Å². The van der Waals surface area contributed by atoms with E-state index in [-0.39, 0.29) is 17.5 Å². The molecule has 2 aromatic rings. The van der Waals surface area contributed by atoms with Gasteiger partial charge in [-0.25, -0.2) is 4.39 Å². The first-order valence-corrected chi connectivity index (χ1v) is 6.78. The first-order chi connectivity index (χ1) is 9.47. The van der Waals surface area contributed by atoms with Gasteiger partial charge in [-0.05, 0) is 50.6 Å². The zero-order chi connectivity index (χ0) is 14.3. The zero-order valence-electron chi connectivity index (χ0n) is 11.9. The highest BCUT2D eigenvalue weighted by Crippen LogP contribution is 2.44. The summed E-state index contributed by atoms with van der Waals surface area (Å²) in [5.74, 6) is 0.699. The van der Waals surface area contributed by atoms with E-state index < -0.39 is 0 Å². The largest absolute Gasteiger partial charge is 0.485 e. The van der Waals surface area contributed by atoms with Crippen molar-refractivity contribution >= 4 is 5.69 Å². The number of ether oxygens (including phenoxy) is 1. The Morgan fingerprint density at radius 3 is 2.65 bits per heavy atom. The average molecular weight is 271 g/mol. The van der Waals surface area contributed by atoms with Crippen LogP contribution < -0.4 is 10.1 Å². The van der Waals surface area contributed by atoms with Crippen molar-refractivity contribution in [3.63, 3.8) is 0 Å². The molecule has 2 nitrogen and oxygen atoms in total. The number of hydrogen-bond donors (Lipinski definition) is 1. The number of fused-ring (bicyclic) bond motifs is 1. The van der Waals surface area contributed by atoms with Gasteiger partial charge in [-0.3, -0.25) is 0 Å². The molecule has 0 aliphatic carbocycles. The number of aryl methyl sites for hydroxylation is 1. The van der Waals surface area contributed by atoms with Crippen LogP contribution in [0.15, 0.2) is 42.5 Å². The van der Waals surface area contributed by atoms with Crippen LogP contribution in [0.3, 0.4) is 0 Å². The molecule has 0 saturated heterocycles. The third kappa shape index (κ3) is 2.13. The number of halogens is 1. The molecule has 0 aromatic heterocycles. The van der Waals surface area contributed by atoms with Gasteiger partial charge >= 0.3 is 0 Å². The standard InChI is InChI=1S/C17H18FNO/c1-11-10-12(18)8-9-14(11)19-16-13-6-4-5-7-15(13)20-17(16,2)3/h4-10,16,19H,1-3H3. The van der Waals surface area contributed by atoms with Crippen LogP contribution in [0.5, 0.6) is 5.75 Å². The fraction of sp³-hybridized carbons (Fsp3) is 0.294. The van der Waals surface area contributed by atoms with Gasteiger partial charge in [0, 0.05) is 11.3 Å². The molecule has 0 fully saturated rings. The monoisotopic (exact) mass is 271 g/mol. The SMILES string of the molecule is Cc1cc(F)ccc1NC1c2ccccc2OC1(C)C. The molecule has 0 saturated carbocycles. The molecule has 1 N–H and O–H groups in total. The fourth-order valence-electron chi connectivity index (χ4n) is 2.72. The van der Waals surface area contributed by atoms with Gasteiger partial charge in [0.2, 0.25) is 0 Å². The van der Waals surface area contributed by atoms with Gasteiger partial charge in [-0.2, -0.15) is 0 Å². The smallest absolute Gasteiger partial charge is 0.128 e. The van der Waals surface area contributed by atoms with E-state index in [1.165, 1.54) is 12.1 Å². The maximum absolute atomic E-state index is 13.2. The molecule has 0 spiro atoms. The molecule has 1 aliphatic rings. The number of hydrogen-bond acceptors (Lipinski definition) is 2. The summed E-state index contributed by atoms with van der Waals surface area (Å²) < 4.78 is 19.2. The first-order valence-electron chi connectivity index (χ1n) is 6.78. The summed E-state index contributed by atoms with van der Waals surface area (Å²) in [5, 5.41) is 3.49. The summed E-state index contributed by atoms with van der Waals surface area (Å²) >= 11 is 0. The summed E-state index contributed by atoms with van der Waals surface area (Å²) in [6.45, 7) is 6.02. The molecule has 20 heavy (non-hydrogen) atoms. The predicted molar refractivity (Wildman–Crippen MR) is 78.6 cm³/mol. The molecule has 104 valence electrons. The lowest BCUT2D eigenvalue weighted by atomic mass is 9.94. The number of para-hydroxylation sites is 1. The van der Waals surface area contributed by atoms with Crippen molar-refractivity contribution in [2.24, 2.45) is 0 Å². The van der Waals surface area contributed by atoms with E-state index in [0.29, 0.717) is 0 Å². The van der Waals surface area contributed by atoms with Gasteiger partial charge in [0.05, 0.1) is 6.04 Å². The van der Waals surface area contributed by atoms with Crippen LogP contribution in [0.25, 0.3) is 0 Å². The summed E-state index contributed by atoms with van der Waals surface area (Å²) in [6, 6.07) is 12.9. The van der Waals surface area contributed by atoms with Gasteiger partial charge in [0.15, 0.2) is 0 Å². The lowest BCUT2D eigenvalue weighted by Gasteiger charge is -2.28. The predicted octanol–water partition coefficient (Wildman–Crippen LogP) is 4.46. The van der Waals surface area contributed by atoms with Gasteiger partial charge in [0.25, 0.3) is 0 Å². The van der Waals surface area contributed by atoms with Crippen LogP contribution in [0, 0.1) is 12.7 Å². The lowest BCUT2D eigenvalue weighted by Crippen LogP contribution is -2.34. The second kappa shape index (κ2) is 4.51. The van der Waals surface area contributed by atoms with E-state index in [9.17, 15) is 4.39 Å². The third-order valence-electron chi connectivity index (χ3n) is 3.79. The summed E-state index contributed by atoms with van der Waals surface area (Å²) in [5.41, 5.74) is 2.63. The number of rotatable bonds is 2. The topological polar surface area (TPSA) is 21.3 Å². The van der Waals surface area contributed by atoms with Crippen LogP contribution in [-0.4, -0.2) is 5.60 Å². The Hall–Kier alpha value is -2.03. The minimum absolute atomic E-state index is 0.0443. The van der Waals surface area contributed by atoms with E-state index in [2.05, 4.69) is 25.2 Å². The second-order valence-corrected chi connectivity index (χ2v) is 5.78. The van der Waals surface area contributed by atoms with Gasteiger partial charge in [-0.1, -0.05) is 18.2 Å². The molecule has 0 amide bonds. The Morgan fingerprint density at radius 1 is 1.15 bits per heavy atom. The molecule has 3 rings (SSSR count). The van der Waals surface area contributed by atoms with Crippen molar-refractivity contribution in [3.05, 3.63) is 59.4 Å². The molecule has 1 unspecified atom stereocenters. The van der Waals surface area contributed by atoms with Crippen LogP contribution in [-0.2, 0) is 0 Å². The highest BCUT2D eigenvalue weighted by atomic mass is 19.1. The quantitative estimate of drug-likeness (QED) is 0.870. The molecular formula is C17H18FNO. The summed E-state index contributed by atoms with van der Waals surface area (Å²) in [6.07, 6.45) is 0. The van der Waals surface area contributed by atoms with Crippen LogP contribution >= 0.6 is 0 Å². The van der Waals surface area contributed by atoms with Crippen molar-refractivity contribution < 1.29 is 9.13 Å². The van der Waals surface area contributed by atoms with Crippen molar-refractivity contribution in [1.29, 1.82) is 0 Å². The van der Waals surface area contributed by atoms with Gasteiger partial charge in [-0.15, -0.1) is 0 Å². The van der Waals surface area contributed by atoms with E-state index in [1.54, 1.807) is 6.07 Å². The Labute approximate surface area is 118 Å². The van der Waals surface area contributed by atoms with E-state index in [1.807, 2.05) is 25.1 Å². The minimum Gasteiger partial charge on any atom is -0.485 e. The fourth-order valence-corrected chi connectivity index (χ4v) is 2.72. The Kier molecular flexibility index (Phi) is 2.93. The molecule has 3 heteroatoms. The second-order valence-electron chi connectivity index (χ2n) is 5.78. The summed E-state index contributed by atoms with van der Waals surface area (Å²) in [7, 11) is 0. The molecule has 1 atom stereocenters. The first kappa shape index (κ1) is 13.0. The van der Waals surface area contributed by atoms with E-state index >= 15 is 0 Å². The van der Waals surface area contributed by atoms with Gasteiger partial charge in [0.1, 0.15) is 17.2 Å². The van der Waals surface area contributed by atoms with Crippen molar-refractivity contribution in [2.45, 2.75) is 32.4 Å². The highest BCUT2D eigenvalue weighted by molar-refractivity contribution is 5.55. The Bertz CT molecular complexity index is 651. The number of benzene rings is 2. The average Bonchev–Trinajstić information content (AvgIpc) is 2.63. The normalized spacial score (nSPS) is 19.3. The van der Waals surface area contributed by atoms with Gasteiger partial charge < -0.3 is 10.1 Å². The molecule has 2 aromatic carbocycles. The molecule has 1 aliphatic heterocycles. The minimum atomic E-state index is -0.343. The number of nitrogens with one attached hydrogen (secondary N) is 1.